The van der Waals surface area contributed by atoms with Gasteiger partial charge in [-0.2, -0.15) is 18.3 Å². The first-order valence-electron chi connectivity index (χ1n) is 8.35. The molecule has 2 heterocycles. The maximum atomic E-state index is 12.7. The molecule has 1 aromatic carbocycles. The minimum Gasteiger partial charge on any atom is -0.340 e. The predicted octanol–water partition coefficient (Wildman–Crippen LogP) is 3.97. The van der Waals surface area contributed by atoms with Crippen molar-refractivity contribution in [1.29, 1.82) is 0 Å². The first kappa shape index (κ1) is 18.2. The molecular weight excluding hydrogens is 343 g/mol. The number of rotatable bonds is 5. The van der Waals surface area contributed by atoms with Gasteiger partial charge in [0.2, 0.25) is 5.95 Å². The van der Waals surface area contributed by atoms with Crippen molar-refractivity contribution in [2.24, 2.45) is 7.05 Å². The Morgan fingerprint density at radius 1 is 1.15 bits per heavy atom. The molecule has 138 valence electrons. The van der Waals surface area contributed by atoms with E-state index in [0.717, 1.165) is 47.3 Å². The highest BCUT2D eigenvalue weighted by Gasteiger charge is 2.29. The summed E-state index contributed by atoms with van der Waals surface area (Å²) in [5.41, 5.74) is 2.71. The van der Waals surface area contributed by atoms with Gasteiger partial charge in [0.15, 0.2) is 0 Å². The summed E-state index contributed by atoms with van der Waals surface area (Å²) < 4.78 is 39.7. The SMILES string of the molecule is CCCc1nn(C)c2cnc(N(C)Cc3ccc(C(F)(F)F)cc3)nc12. The quantitative estimate of drug-likeness (QED) is 0.688. The number of fused-ring (bicyclic) bond motifs is 1. The van der Waals surface area contributed by atoms with Gasteiger partial charge in [0.25, 0.3) is 0 Å². The lowest BCUT2D eigenvalue weighted by atomic mass is 10.1. The van der Waals surface area contributed by atoms with Gasteiger partial charge < -0.3 is 4.90 Å². The molecule has 0 saturated carbocycles. The maximum Gasteiger partial charge on any atom is 0.416 e. The number of alkyl halides is 3. The van der Waals surface area contributed by atoms with E-state index in [1.165, 1.54) is 12.1 Å². The molecule has 0 atom stereocenters. The first-order valence-corrected chi connectivity index (χ1v) is 8.35. The molecule has 0 fully saturated rings. The lowest BCUT2D eigenvalue weighted by molar-refractivity contribution is -0.137. The fraction of sp³-hybridized carbons (Fsp3) is 0.389. The number of nitrogens with zero attached hydrogens (tertiary/aromatic N) is 5. The highest BCUT2D eigenvalue weighted by Crippen LogP contribution is 2.29. The van der Waals surface area contributed by atoms with E-state index in [0.29, 0.717) is 12.5 Å². The van der Waals surface area contributed by atoms with Crippen LogP contribution in [-0.4, -0.2) is 26.8 Å². The lowest BCUT2D eigenvalue weighted by Gasteiger charge is -2.17. The molecule has 0 aliphatic carbocycles. The van der Waals surface area contributed by atoms with Gasteiger partial charge in [-0.05, 0) is 24.1 Å². The number of aromatic nitrogens is 4. The molecular formula is C18H20F3N5. The van der Waals surface area contributed by atoms with Crippen molar-refractivity contribution >= 4 is 17.0 Å². The van der Waals surface area contributed by atoms with Crippen molar-refractivity contribution in [2.75, 3.05) is 11.9 Å². The van der Waals surface area contributed by atoms with E-state index >= 15 is 0 Å². The molecule has 2 aromatic heterocycles. The molecule has 8 heteroatoms. The molecule has 0 spiro atoms. The average Bonchev–Trinajstić information content (AvgIpc) is 2.90. The van der Waals surface area contributed by atoms with Crippen LogP contribution < -0.4 is 4.90 Å². The number of benzene rings is 1. The monoisotopic (exact) mass is 363 g/mol. The molecule has 5 nitrogen and oxygen atoms in total. The molecule has 0 aliphatic heterocycles. The molecule has 3 aromatic rings. The Morgan fingerprint density at radius 2 is 1.85 bits per heavy atom. The van der Waals surface area contributed by atoms with E-state index in [1.54, 1.807) is 10.9 Å². The molecule has 0 radical (unpaired) electrons. The van der Waals surface area contributed by atoms with Crippen LogP contribution in [0, 0.1) is 0 Å². The molecule has 0 aliphatic rings. The number of halogens is 3. The van der Waals surface area contributed by atoms with Gasteiger partial charge in [-0.15, -0.1) is 0 Å². The Morgan fingerprint density at radius 3 is 2.46 bits per heavy atom. The molecule has 0 bridgehead atoms. The standard InChI is InChI=1S/C18H20F3N5/c1-4-5-14-16-15(26(3)24-14)10-22-17(23-16)25(2)11-12-6-8-13(9-7-12)18(19,20)21/h6-10H,4-5,11H2,1-3H3. The first-order chi connectivity index (χ1) is 12.3. The largest absolute Gasteiger partial charge is 0.416 e. The van der Waals surface area contributed by atoms with Crippen molar-refractivity contribution in [2.45, 2.75) is 32.5 Å². The third kappa shape index (κ3) is 3.63. The third-order valence-corrected chi connectivity index (χ3v) is 4.18. The number of aryl methyl sites for hydroxylation is 2. The van der Waals surface area contributed by atoms with Crippen LogP contribution in [0.5, 0.6) is 0 Å². The van der Waals surface area contributed by atoms with Gasteiger partial charge in [0, 0.05) is 20.6 Å². The summed E-state index contributed by atoms with van der Waals surface area (Å²) in [6.07, 6.45) is -0.801. The third-order valence-electron chi connectivity index (χ3n) is 4.18. The van der Waals surface area contributed by atoms with Crippen LogP contribution in [0.4, 0.5) is 19.1 Å². The van der Waals surface area contributed by atoms with Crippen molar-refractivity contribution in [1.82, 2.24) is 19.7 Å². The Hall–Kier alpha value is -2.64. The van der Waals surface area contributed by atoms with Crippen molar-refractivity contribution in [3.8, 4) is 0 Å². The van der Waals surface area contributed by atoms with Gasteiger partial charge in [-0.25, -0.2) is 9.97 Å². The van der Waals surface area contributed by atoms with Gasteiger partial charge in [-0.3, -0.25) is 4.68 Å². The van der Waals surface area contributed by atoms with Crippen LogP contribution in [-0.2, 0) is 26.2 Å². The molecule has 0 N–H and O–H groups in total. The summed E-state index contributed by atoms with van der Waals surface area (Å²) in [4.78, 5) is 10.8. The fourth-order valence-corrected chi connectivity index (χ4v) is 2.83. The van der Waals surface area contributed by atoms with Crippen LogP contribution in [0.3, 0.4) is 0 Å². The second-order valence-corrected chi connectivity index (χ2v) is 6.27. The zero-order chi connectivity index (χ0) is 18.9. The molecule has 0 unspecified atom stereocenters. The molecule has 26 heavy (non-hydrogen) atoms. The highest BCUT2D eigenvalue weighted by atomic mass is 19.4. The Bertz CT molecular complexity index is 900. The molecule has 3 rings (SSSR count). The van der Waals surface area contributed by atoms with E-state index in [4.69, 9.17) is 0 Å². The normalized spacial score (nSPS) is 11.9. The molecule has 0 saturated heterocycles. The van der Waals surface area contributed by atoms with Crippen LogP contribution >= 0.6 is 0 Å². The number of hydrogen-bond acceptors (Lipinski definition) is 4. The van der Waals surface area contributed by atoms with Crippen molar-refractivity contribution < 1.29 is 13.2 Å². The summed E-state index contributed by atoms with van der Waals surface area (Å²) in [7, 11) is 3.67. The smallest absolute Gasteiger partial charge is 0.340 e. The minimum absolute atomic E-state index is 0.410. The van der Waals surface area contributed by atoms with E-state index in [1.807, 2.05) is 19.0 Å². The van der Waals surface area contributed by atoms with Crippen LogP contribution in [0.15, 0.2) is 30.5 Å². The lowest BCUT2D eigenvalue weighted by Crippen LogP contribution is -2.19. The van der Waals surface area contributed by atoms with Gasteiger partial charge in [0.05, 0.1) is 17.5 Å². The Labute approximate surface area is 149 Å². The van der Waals surface area contributed by atoms with Crippen molar-refractivity contribution in [3.05, 3.63) is 47.3 Å². The summed E-state index contributed by atoms with van der Waals surface area (Å²) in [6.45, 7) is 2.49. The average molecular weight is 363 g/mol. The summed E-state index contributed by atoms with van der Waals surface area (Å²) >= 11 is 0. The fourth-order valence-electron chi connectivity index (χ4n) is 2.83. The van der Waals surface area contributed by atoms with E-state index in [-0.39, 0.29) is 0 Å². The maximum absolute atomic E-state index is 12.7. The minimum atomic E-state index is -4.32. The summed E-state index contributed by atoms with van der Waals surface area (Å²) in [5.74, 6) is 0.516. The van der Waals surface area contributed by atoms with Gasteiger partial charge in [0.1, 0.15) is 11.0 Å². The predicted molar refractivity (Wildman–Crippen MR) is 93.9 cm³/mol. The van der Waals surface area contributed by atoms with E-state index in [9.17, 15) is 13.2 Å². The van der Waals surface area contributed by atoms with Crippen molar-refractivity contribution in [3.63, 3.8) is 0 Å². The topological polar surface area (TPSA) is 46.8 Å². The van der Waals surface area contributed by atoms with Crippen LogP contribution in [0.25, 0.3) is 11.0 Å². The second kappa shape index (κ2) is 6.93. The van der Waals surface area contributed by atoms with E-state index < -0.39 is 11.7 Å². The van der Waals surface area contributed by atoms with Gasteiger partial charge in [-0.1, -0.05) is 25.5 Å². The Balaban J connectivity index is 1.83. The molecule has 0 amide bonds. The zero-order valence-corrected chi connectivity index (χ0v) is 14.9. The highest BCUT2D eigenvalue weighted by molar-refractivity contribution is 5.77. The second-order valence-electron chi connectivity index (χ2n) is 6.27. The number of hydrogen-bond donors (Lipinski definition) is 0. The Kier molecular flexibility index (Phi) is 4.84. The zero-order valence-electron chi connectivity index (χ0n) is 14.9. The summed E-state index contributed by atoms with van der Waals surface area (Å²) in [6, 6.07) is 5.14. The van der Waals surface area contributed by atoms with Crippen LogP contribution in [0.1, 0.15) is 30.2 Å². The van der Waals surface area contributed by atoms with Crippen LogP contribution in [0.2, 0.25) is 0 Å². The van der Waals surface area contributed by atoms with Gasteiger partial charge >= 0.3 is 6.18 Å². The van der Waals surface area contributed by atoms with E-state index in [2.05, 4.69) is 22.0 Å². The summed E-state index contributed by atoms with van der Waals surface area (Å²) in [5, 5.41) is 4.49. The number of anilines is 1.